The van der Waals surface area contributed by atoms with Gasteiger partial charge < -0.3 is 9.47 Å². The van der Waals surface area contributed by atoms with Crippen molar-refractivity contribution in [1.29, 1.82) is 0 Å². The van der Waals surface area contributed by atoms with Crippen LogP contribution in [0.4, 0.5) is 0 Å². The average Bonchev–Trinajstić information content (AvgIpc) is 3.37. The van der Waals surface area contributed by atoms with Gasteiger partial charge in [0.1, 0.15) is 12.2 Å². The van der Waals surface area contributed by atoms with Gasteiger partial charge in [-0.3, -0.25) is 0 Å². The topological polar surface area (TPSA) is 70.0 Å². The Balaban J connectivity index is 1.77. The molecular weight excluding hydrogens is 376 g/mol. The van der Waals surface area contributed by atoms with Gasteiger partial charge >= 0.3 is 0 Å². The van der Waals surface area contributed by atoms with Crippen LogP contribution in [0.25, 0.3) is 0 Å². The predicted octanol–water partition coefficient (Wildman–Crippen LogP) is 5.24. The van der Waals surface area contributed by atoms with Crippen LogP contribution in [0.2, 0.25) is 0 Å². The van der Waals surface area contributed by atoms with Crippen LogP contribution in [0, 0.1) is 0 Å². The molecule has 2 saturated carbocycles. The lowest BCUT2D eigenvalue weighted by atomic mass is 9.79. The molecule has 2 heterocycles. The summed E-state index contributed by atoms with van der Waals surface area (Å²) in [5.41, 5.74) is 4.43. The standard InChI is InChI=1S/C24H34N4O2/c1-13(2)17-19(15-9-8-10-15)27-21(28-23(17)30-7)16-11-24(16,5)20-18(14(3)4)22(29-6)26-12-25-20/h12-16H,8-11H2,1-7H3. The van der Waals surface area contributed by atoms with Gasteiger partial charge in [0.2, 0.25) is 11.8 Å². The molecule has 6 heteroatoms. The number of methoxy groups -OCH3 is 2. The van der Waals surface area contributed by atoms with Crippen molar-refractivity contribution in [1.82, 2.24) is 19.9 Å². The van der Waals surface area contributed by atoms with Gasteiger partial charge in [0.05, 0.1) is 25.6 Å². The maximum absolute atomic E-state index is 5.76. The van der Waals surface area contributed by atoms with Gasteiger partial charge in [0, 0.05) is 28.4 Å². The third-order valence-corrected chi connectivity index (χ3v) is 6.93. The normalized spacial score (nSPS) is 23.6. The maximum Gasteiger partial charge on any atom is 0.220 e. The molecule has 2 atom stereocenters. The molecule has 2 unspecified atom stereocenters. The van der Waals surface area contributed by atoms with Gasteiger partial charge in [0.15, 0.2) is 0 Å². The molecule has 0 saturated heterocycles. The molecule has 0 amide bonds. The third kappa shape index (κ3) is 3.34. The van der Waals surface area contributed by atoms with Crippen LogP contribution in [-0.4, -0.2) is 34.2 Å². The Morgan fingerprint density at radius 1 is 0.933 bits per heavy atom. The quantitative estimate of drug-likeness (QED) is 0.621. The zero-order valence-corrected chi connectivity index (χ0v) is 19.3. The van der Waals surface area contributed by atoms with Gasteiger partial charge in [0.25, 0.3) is 0 Å². The van der Waals surface area contributed by atoms with Crippen LogP contribution in [0.3, 0.4) is 0 Å². The zero-order valence-electron chi connectivity index (χ0n) is 19.3. The first-order valence-electron chi connectivity index (χ1n) is 11.2. The summed E-state index contributed by atoms with van der Waals surface area (Å²) in [5, 5.41) is 0. The van der Waals surface area contributed by atoms with Crippen molar-refractivity contribution in [3.8, 4) is 11.8 Å². The number of hydrogen-bond acceptors (Lipinski definition) is 6. The fourth-order valence-corrected chi connectivity index (χ4v) is 4.85. The Bertz CT molecular complexity index is 939. The molecular formula is C24H34N4O2. The maximum atomic E-state index is 5.76. The highest BCUT2D eigenvalue weighted by Crippen LogP contribution is 2.61. The highest BCUT2D eigenvalue weighted by molar-refractivity contribution is 5.46. The minimum atomic E-state index is -0.114. The average molecular weight is 411 g/mol. The molecule has 0 bridgehead atoms. The second-order valence-corrected chi connectivity index (χ2v) is 9.65. The molecule has 2 aromatic heterocycles. The summed E-state index contributed by atoms with van der Waals surface area (Å²) in [6.45, 7) is 11.0. The number of ether oxygens (including phenoxy) is 2. The Kier molecular flexibility index (Phi) is 5.45. The van der Waals surface area contributed by atoms with Gasteiger partial charge in [-0.1, -0.05) is 41.0 Å². The van der Waals surface area contributed by atoms with Crippen LogP contribution >= 0.6 is 0 Å². The van der Waals surface area contributed by atoms with Crippen LogP contribution in [0.1, 0.15) is 112 Å². The van der Waals surface area contributed by atoms with Crippen molar-refractivity contribution < 1.29 is 9.47 Å². The number of nitrogens with zero attached hydrogens (tertiary/aromatic N) is 4. The first-order chi connectivity index (χ1) is 14.3. The largest absolute Gasteiger partial charge is 0.481 e. The van der Waals surface area contributed by atoms with Crippen molar-refractivity contribution in [2.24, 2.45) is 0 Å². The van der Waals surface area contributed by atoms with Gasteiger partial charge in [-0.2, -0.15) is 4.98 Å². The Morgan fingerprint density at radius 3 is 2.13 bits per heavy atom. The van der Waals surface area contributed by atoms with Crippen LogP contribution in [0.5, 0.6) is 11.8 Å². The molecule has 2 aliphatic carbocycles. The molecule has 0 N–H and O–H groups in total. The summed E-state index contributed by atoms with van der Waals surface area (Å²) in [5.74, 6) is 3.69. The fraction of sp³-hybridized carbons (Fsp3) is 0.667. The van der Waals surface area contributed by atoms with Gasteiger partial charge in [-0.05, 0) is 31.1 Å². The molecule has 0 radical (unpaired) electrons. The Morgan fingerprint density at radius 2 is 1.60 bits per heavy atom. The minimum absolute atomic E-state index is 0.114. The summed E-state index contributed by atoms with van der Waals surface area (Å²) >= 11 is 0. The van der Waals surface area contributed by atoms with E-state index < -0.39 is 0 Å². The molecule has 4 rings (SSSR count). The molecule has 0 aliphatic heterocycles. The lowest BCUT2D eigenvalue weighted by Crippen LogP contribution is -2.19. The number of hydrogen-bond donors (Lipinski definition) is 0. The highest BCUT2D eigenvalue weighted by Gasteiger charge is 2.57. The number of aromatic nitrogens is 4. The van der Waals surface area contributed by atoms with Crippen molar-refractivity contribution in [3.63, 3.8) is 0 Å². The fourth-order valence-electron chi connectivity index (χ4n) is 4.85. The minimum Gasteiger partial charge on any atom is -0.481 e. The molecule has 0 aromatic carbocycles. The van der Waals surface area contributed by atoms with E-state index in [4.69, 9.17) is 24.4 Å². The summed E-state index contributed by atoms with van der Waals surface area (Å²) in [4.78, 5) is 19.1. The first-order valence-corrected chi connectivity index (χ1v) is 11.2. The Labute approximate surface area is 179 Å². The monoisotopic (exact) mass is 410 g/mol. The first kappa shape index (κ1) is 21.0. The molecule has 2 aliphatic rings. The molecule has 162 valence electrons. The summed E-state index contributed by atoms with van der Waals surface area (Å²) in [6.07, 6.45) is 6.29. The van der Waals surface area contributed by atoms with E-state index in [1.807, 2.05) is 0 Å². The third-order valence-electron chi connectivity index (χ3n) is 6.93. The molecule has 30 heavy (non-hydrogen) atoms. The lowest BCUT2D eigenvalue weighted by molar-refractivity contribution is 0.369. The van der Waals surface area contributed by atoms with E-state index >= 15 is 0 Å². The smallest absolute Gasteiger partial charge is 0.220 e. The SMILES string of the molecule is COc1nc(C2CC2(C)c2ncnc(OC)c2C(C)C)nc(C2CCC2)c1C(C)C. The zero-order chi connectivity index (χ0) is 21.6. The van der Waals surface area contributed by atoms with Crippen molar-refractivity contribution in [2.75, 3.05) is 14.2 Å². The van der Waals surface area contributed by atoms with Crippen LogP contribution < -0.4 is 9.47 Å². The van der Waals surface area contributed by atoms with E-state index in [9.17, 15) is 0 Å². The van der Waals surface area contributed by atoms with Gasteiger partial charge in [-0.15, -0.1) is 0 Å². The highest BCUT2D eigenvalue weighted by atomic mass is 16.5. The second kappa shape index (κ2) is 7.78. The van der Waals surface area contributed by atoms with Crippen molar-refractivity contribution in [2.45, 2.75) is 89.4 Å². The summed E-state index contributed by atoms with van der Waals surface area (Å²) < 4.78 is 11.3. The Hall–Kier alpha value is -2.24. The molecule has 6 nitrogen and oxygen atoms in total. The molecule has 2 fully saturated rings. The van der Waals surface area contributed by atoms with E-state index in [2.05, 4.69) is 39.6 Å². The molecule has 0 spiro atoms. The molecule has 2 aromatic rings. The van der Waals surface area contributed by atoms with E-state index in [1.54, 1.807) is 20.5 Å². The van der Waals surface area contributed by atoms with E-state index in [0.29, 0.717) is 17.7 Å². The van der Waals surface area contributed by atoms with E-state index in [0.717, 1.165) is 29.4 Å². The van der Waals surface area contributed by atoms with Crippen molar-refractivity contribution in [3.05, 3.63) is 34.7 Å². The lowest BCUT2D eigenvalue weighted by Gasteiger charge is -2.29. The summed E-state index contributed by atoms with van der Waals surface area (Å²) in [6, 6.07) is 0. The van der Waals surface area contributed by atoms with Gasteiger partial charge in [-0.25, -0.2) is 15.0 Å². The summed E-state index contributed by atoms with van der Waals surface area (Å²) in [7, 11) is 3.40. The van der Waals surface area contributed by atoms with Crippen LogP contribution in [0.15, 0.2) is 6.33 Å². The van der Waals surface area contributed by atoms with Crippen molar-refractivity contribution >= 4 is 0 Å². The van der Waals surface area contributed by atoms with Crippen LogP contribution in [-0.2, 0) is 5.41 Å². The number of rotatable bonds is 7. The predicted molar refractivity (Wildman–Crippen MR) is 117 cm³/mol. The second-order valence-electron chi connectivity index (χ2n) is 9.65. The van der Waals surface area contributed by atoms with E-state index in [1.165, 1.54) is 30.5 Å². The van der Waals surface area contributed by atoms with E-state index in [-0.39, 0.29) is 17.3 Å².